The van der Waals surface area contributed by atoms with Gasteiger partial charge >= 0.3 is 0 Å². The van der Waals surface area contributed by atoms with Gasteiger partial charge in [-0.2, -0.15) is 10.5 Å². The van der Waals surface area contributed by atoms with E-state index in [0.717, 1.165) is 16.2 Å². The molecule has 0 saturated heterocycles. The number of amides is 1. The Morgan fingerprint density at radius 3 is 2.58 bits per heavy atom. The molecule has 0 saturated carbocycles. The highest BCUT2D eigenvalue weighted by atomic mass is 32.2. The van der Waals surface area contributed by atoms with Crippen LogP contribution in [0.25, 0.3) is 0 Å². The molecule has 0 heterocycles. The Morgan fingerprint density at radius 2 is 1.96 bits per heavy atom. The van der Waals surface area contributed by atoms with E-state index in [4.69, 9.17) is 5.26 Å². The van der Waals surface area contributed by atoms with Crippen LogP contribution < -0.4 is 5.32 Å². The largest absolute Gasteiger partial charge is 0.325 e. The second kappa shape index (κ2) is 8.76. The van der Waals surface area contributed by atoms with Crippen molar-refractivity contribution in [2.75, 3.05) is 11.1 Å². The molecule has 1 amide bonds. The number of nitrogens with zero attached hydrogens (tertiary/aromatic N) is 2. The number of nitrogens with one attached hydrogen (secondary N) is 1. The minimum Gasteiger partial charge on any atom is -0.325 e. The Balaban J connectivity index is 2.04. The number of hydrogen-bond acceptors (Lipinski definition) is 4. The lowest BCUT2D eigenvalue weighted by Crippen LogP contribution is -2.23. The molecule has 5 heteroatoms. The molecule has 0 bridgehead atoms. The van der Waals surface area contributed by atoms with Gasteiger partial charge in [-0.3, -0.25) is 4.79 Å². The summed E-state index contributed by atoms with van der Waals surface area (Å²) in [5.41, 5.74) is 2.10. The van der Waals surface area contributed by atoms with Crippen molar-refractivity contribution >= 4 is 23.4 Å². The molecule has 24 heavy (non-hydrogen) atoms. The van der Waals surface area contributed by atoms with Crippen LogP contribution in [0.4, 0.5) is 5.69 Å². The second-order valence-corrected chi connectivity index (χ2v) is 6.48. The summed E-state index contributed by atoms with van der Waals surface area (Å²) in [6.07, 6.45) is 0.317. The summed E-state index contributed by atoms with van der Waals surface area (Å²) in [5.74, 6) is -0.141. The van der Waals surface area contributed by atoms with Crippen molar-refractivity contribution in [3.63, 3.8) is 0 Å². The molecule has 2 rings (SSSR count). The molecular weight excluding hydrogens is 318 g/mol. The van der Waals surface area contributed by atoms with E-state index < -0.39 is 5.92 Å². The van der Waals surface area contributed by atoms with E-state index in [-0.39, 0.29) is 5.91 Å². The fraction of sp³-hybridized carbons (Fsp3) is 0.211. The first-order valence-electron chi connectivity index (χ1n) is 7.58. The van der Waals surface area contributed by atoms with E-state index >= 15 is 0 Å². The number of carbonyl (C=O) groups is 1. The Bertz CT molecular complexity index is 787. The SMILES string of the molecule is CCSc1cccc(NC(=O)C(C#N)Cc2ccc(C#N)cc2)c1. The van der Waals surface area contributed by atoms with Crippen LogP contribution in [0.1, 0.15) is 18.1 Å². The van der Waals surface area contributed by atoms with Crippen molar-refractivity contribution in [3.8, 4) is 12.1 Å². The van der Waals surface area contributed by atoms with Crippen molar-refractivity contribution in [3.05, 3.63) is 59.7 Å². The van der Waals surface area contributed by atoms with Gasteiger partial charge in [0.1, 0.15) is 5.92 Å². The van der Waals surface area contributed by atoms with Gasteiger partial charge < -0.3 is 5.32 Å². The zero-order valence-electron chi connectivity index (χ0n) is 13.3. The van der Waals surface area contributed by atoms with E-state index in [1.807, 2.05) is 30.3 Å². The third kappa shape index (κ3) is 4.87. The highest BCUT2D eigenvalue weighted by Gasteiger charge is 2.18. The second-order valence-electron chi connectivity index (χ2n) is 5.14. The van der Waals surface area contributed by atoms with E-state index in [9.17, 15) is 10.1 Å². The highest BCUT2D eigenvalue weighted by Crippen LogP contribution is 2.22. The molecule has 2 aromatic carbocycles. The van der Waals surface area contributed by atoms with Crippen LogP contribution in [0.5, 0.6) is 0 Å². The van der Waals surface area contributed by atoms with Crippen LogP contribution in [0.3, 0.4) is 0 Å². The Morgan fingerprint density at radius 1 is 1.21 bits per heavy atom. The van der Waals surface area contributed by atoms with Gasteiger partial charge in [-0.25, -0.2) is 0 Å². The predicted molar refractivity (Wildman–Crippen MR) is 95.4 cm³/mol. The normalized spacial score (nSPS) is 11.1. The van der Waals surface area contributed by atoms with Crippen molar-refractivity contribution in [2.24, 2.45) is 5.92 Å². The molecule has 0 aliphatic carbocycles. The molecular formula is C19H17N3OS. The molecule has 0 fully saturated rings. The van der Waals surface area contributed by atoms with Gasteiger partial charge in [0.05, 0.1) is 17.7 Å². The molecule has 4 nitrogen and oxygen atoms in total. The minimum absolute atomic E-state index is 0.317. The maximum atomic E-state index is 12.3. The zero-order valence-corrected chi connectivity index (χ0v) is 14.1. The molecule has 120 valence electrons. The van der Waals surface area contributed by atoms with Gasteiger partial charge in [-0.1, -0.05) is 25.1 Å². The molecule has 1 atom stereocenters. The van der Waals surface area contributed by atoms with Crippen molar-refractivity contribution < 1.29 is 4.79 Å². The van der Waals surface area contributed by atoms with Gasteiger partial charge in [-0.15, -0.1) is 11.8 Å². The summed E-state index contributed by atoms with van der Waals surface area (Å²) in [5, 5.41) is 20.9. The third-order valence-corrected chi connectivity index (χ3v) is 4.28. The smallest absolute Gasteiger partial charge is 0.242 e. The summed E-state index contributed by atoms with van der Waals surface area (Å²) in [6, 6.07) is 18.6. The van der Waals surface area contributed by atoms with E-state index in [1.54, 1.807) is 36.0 Å². The van der Waals surface area contributed by atoms with Gasteiger partial charge in [0, 0.05) is 10.6 Å². The average molecular weight is 335 g/mol. The molecule has 1 unspecified atom stereocenters. The summed E-state index contributed by atoms with van der Waals surface area (Å²) in [4.78, 5) is 13.4. The number of nitriles is 2. The van der Waals surface area contributed by atoms with Gasteiger partial charge in [0.15, 0.2) is 0 Å². The number of thioether (sulfide) groups is 1. The van der Waals surface area contributed by atoms with Gasteiger partial charge in [0.25, 0.3) is 0 Å². The maximum Gasteiger partial charge on any atom is 0.242 e. The minimum atomic E-state index is -0.777. The van der Waals surface area contributed by atoms with Crippen LogP contribution in [-0.4, -0.2) is 11.7 Å². The van der Waals surface area contributed by atoms with Crippen molar-refractivity contribution in [1.29, 1.82) is 10.5 Å². The van der Waals surface area contributed by atoms with E-state index in [0.29, 0.717) is 17.7 Å². The van der Waals surface area contributed by atoms with Crippen LogP contribution in [-0.2, 0) is 11.2 Å². The summed E-state index contributed by atoms with van der Waals surface area (Å²) in [7, 11) is 0. The monoisotopic (exact) mass is 335 g/mol. The molecule has 1 N–H and O–H groups in total. The average Bonchev–Trinajstić information content (AvgIpc) is 2.60. The lowest BCUT2D eigenvalue weighted by atomic mass is 9.99. The highest BCUT2D eigenvalue weighted by molar-refractivity contribution is 7.99. The van der Waals surface area contributed by atoms with E-state index in [1.165, 1.54) is 0 Å². The Hall–Kier alpha value is -2.76. The maximum absolute atomic E-state index is 12.3. The number of anilines is 1. The van der Waals surface area contributed by atoms with Crippen LogP contribution in [0.15, 0.2) is 53.4 Å². The lowest BCUT2D eigenvalue weighted by Gasteiger charge is -2.11. The van der Waals surface area contributed by atoms with Crippen LogP contribution in [0.2, 0.25) is 0 Å². The van der Waals surface area contributed by atoms with Crippen molar-refractivity contribution in [1.82, 2.24) is 0 Å². The summed E-state index contributed by atoms with van der Waals surface area (Å²) in [6.45, 7) is 2.07. The molecule has 0 aromatic heterocycles. The van der Waals surface area contributed by atoms with Gasteiger partial charge in [0.2, 0.25) is 5.91 Å². The number of hydrogen-bond donors (Lipinski definition) is 1. The van der Waals surface area contributed by atoms with Gasteiger partial charge in [-0.05, 0) is 48.1 Å². The first kappa shape index (κ1) is 17.6. The third-order valence-electron chi connectivity index (χ3n) is 3.41. The standard InChI is InChI=1S/C19H17N3OS/c1-2-24-18-5-3-4-17(11-18)22-19(23)16(13-21)10-14-6-8-15(12-20)9-7-14/h3-9,11,16H,2,10H2,1H3,(H,22,23). The molecule has 0 aliphatic rings. The Labute approximate surface area is 146 Å². The lowest BCUT2D eigenvalue weighted by molar-refractivity contribution is -0.118. The summed E-state index contributed by atoms with van der Waals surface area (Å²) < 4.78 is 0. The summed E-state index contributed by atoms with van der Waals surface area (Å²) >= 11 is 1.69. The van der Waals surface area contributed by atoms with Crippen LogP contribution in [0, 0.1) is 28.6 Å². The topological polar surface area (TPSA) is 76.7 Å². The first-order chi connectivity index (χ1) is 11.7. The zero-order chi connectivity index (χ0) is 17.4. The fourth-order valence-electron chi connectivity index (χ4n) is 2.21. The fourth-order valence-corrected chi connectivity index (χ4v) is 2.93. The number of rotatable bonds is 6. The molecule has 2 aromatic rings. The van der Waals surface area contributed by atoms with E-state index in [2.05, 4.69) is 18.3 Å². The quantitative estimate of drug-likeness (QED) is 0.810. The first-order valence-corrected chi connectivity index (χ1v) is 8.57. The number of carbonyl (C=O) groups excluding carboxylic acids is 1. The van der Waals surface area contributed by atoms with Crippen molar-refractivity contribution in [2.45, 2.75) is 18.2 Å². The van der Waals surface area contributed by atoms with Crippen LogP contribution >= 0.6 is 11.8 Å². The Kier molecular flexibility index (Phi) is 6.42. The number of benzene rings is 2. The molecule has 0 aliphatic heterocycles. The molecule has 0 spiro atoms. The predicted octanol–water partition coefficient (Wildman–Crippen LogP) is 3.99. The molecule has 0 radical (unpaired) electrons.